The van der Waals surface area contributed by atoms with Crippen molar-refractivity contribution in [2.24, 2.45) is 45.5 Å². The number of rotatable bonds is 10. The molecule has 0 aliphatic heterocycles. The third-order valence-corrected chi connectivity index (χ3v) is 12.0. The maximum absolute atomic E-state index is 13.6. The molecule has 2 bridgehead atoms. The first-order valence-corrected chi connectivity index (χ1v) is 16.2. The molecule has 2 amide bonds. The molecule has 0 spiro atoms. The van der Waals surface area contributed by atoms with E-state index in [1.54, 1.807) is 6.08 Å². The van der Waals surface area contributed by atoms with Crippen LogP contribution < -0.4 is 16.8 Å². The predicted molar refractivity (Wildman–Crippen MR) is 165 cm³/mol. The van der Waals surface area contributed by atoms with Gasteiger partial charge in [-0.25, -0.2) is 0 Å². The van der Waals surface area contributed by atoms with Crippen molar-refractivity contribution >= 4 is 35.3 Å². The number of amides is 2. The quantitative estimate of drug-likeness (QED) is 0.177. The Balaban J connectivity index is 1.49. The molecule has 4 rings (SSSR count). The number of carbonyl (C=O) groups excluding carboxylic acids is 4. The van der Waals surface area contributed by atoms with E-state index in [9.17, 15) is 24.3 Å². The topological polar surface area (TPSA) is 162 Å². The fourth-order valence-electron chi connectivity index (χ4n) is 8.21. The number of thioether (sulfide) groups is 1. The summed E-state index contributed by atoms with van der Waals surface area (Å²) in [6.45, 7) is 12.7. The molecule has 3 saturated carbocycles. The Morgan fingerprint density at radius 3 is 2.65 bits per heavy atom. The molecule has 3 aliphatic rings. The first-order chi connectivity index (χ1) is 20.2. The molecule has 236 valence electrons. The van der Waals surface area contributed by atoms with Crippen LogP contribution in [0.15, 0.2) is 41.8 Å². The number of nitrogens with one attached hydrogen (secondary N) is 1. The second kappa shape index (κ2) is 12.7. The maximum atomic E-state index is 13.6. The van der Waals surface area contributed by atoms with Crippen LogP contribution in [0.2, 0.25) is 0 Å². The van der Waals surface area contributed by atoms with E-state index < -0.39 is 40.9 Å². The molecule has 9 atom stereocenters. The third-order valence-electron chi connectivity index (χ3n) is 11.1. The molecule has 6 N–H and O–H groups in total. The lowest BCUT2D eigenvalue weighted by molar-refractivity contribution is -0.205. The highest BCUT2D eigenvalue weighted by Gasteiger charge is 2.68. The summed E-state index contributed by atoms with van der Waals surface area (Å²) in [6.07, 6.45) is 3.76. The van der Waals surface area contributed by atoms with E-state index in [4.69, 9.17) is 16.2 Å². The highest BCUT2D eigenvalue weighted by Crippen LogP contribution is 2.68. The number of benzene rings is 1. The van der Waals surface area contributed by atoms with Gasteiger partial charge in [-0.2, -0.15) is 0 Å². The number of hydrogen-bond acceptors (Lipinski definition) is 8. The van der Waals surface area contributed by atoms with Gasteiger partial charge in [0.15, 0.2) is 0 Å². The SMILES string of the molecule is C=C[C@]1(C)C[C@@H](OC(=O)CSc2cccc(CNC(=O)[C@H](N)CC(N)=O)c2)[C@]2(C)C(C)CCC3(CCC(=O)C32)[C@@H](C)[C@@H]1O. The number of primary amides is 1. The van der Waals surface area contributed by atoms with Crippen LogP contribution in [0.4, 0.5) is 0 Å². The Bertz CT molecular complexity index is 1270. The first-order valence-electron chi connectivity index (χ1n) is 15.2. The molecular weight excluding hydrogens is 566 g/mol. The van der Waals surface area contributed by atoms with Gasteiger partial charge < -0.3 is 26.6 Å². The fourth-order valence-corrected chi connectivity index (χ4v) is 8.97. The standard InChI is InChI=1S/C33H47N3O6S/c1-6-31(4)16-25(32(5)19(2)10-12-33(20(3)29(31)40)13-11-24(37)28(32)33)42-27(39)18-43-22-9-7-8-21(14-22)17-36-30(41)23(34)15-26(35)38/h6-9,14,19-20,23,25,28-29,40H,1,10-13,15-18,34H2,2-5H3,(H2,35,38)(H,36,41)/t19?,20-,23+,25+,28?,29-,31+,32-,33?/m0/s1. The van der Waals surface area contributed by atoms with Crippen molar-refractivity contribution < 1.29 is 29.0 Å². The maximum Gasteiger partial charge on any atom is 0.316 e. The number of ether oxygens (including phenoxy) is 1. The van der Waals surface area contributed by atoms with Gasteiger partial charge in [0.05, 0.1) is 24.3 Å². The largest absolute Gasteiger partial charge is 0.461 e. The third kappa shape index (κ3) is 6.28. The molecular formula is C33H47N3O6S. The van der Waals surface area contributed by atoms with Gasteiger partial charge in [0.1, 0.15) is 11.9 Å². The van der Waals surface area contributed by atoms with Crippen LogP contribution in [-0.4, -0.2) is 52.7 Å². The van der Waals surface area contributed by atoms with Gasteiger partial charge in [-0.05, 0) is 60.6 Å². The Kier molecular flexibility index (Phi) is 9.83. The average Bonchev–Trinajstić information content (AvgIpc) is 3.33. The van der Waals surface area contributed by atoms with E-state index in [2.05, 4.69) is 32.7 Å². The van der Waals surface area contributed by atoms with Crippen molar-refractivity contribution in [3.63, 3.8) is 0 Å². The highest BCUT2D eigenvalue weighted by atomic mass is 32.2. The van der Waals surface area contributed by atoms with Gasteiger partial charge in [-0.1, -0.05) is 45.9 Å². The van der Waals surface area contributed by atoms with Gasteiger partial charge in [0, 0.05) is 34.6 Å². The monoisotopic (exact) mass is 613 g/mol. The Morgan fingerprint density at radius 2 is 1.98 bits per heavy atom. The number of aliphatic hydroxyl groups excluding tert-OH is 1. The zero-order chi connectivity index (χ0) is 31.7. The smallest absolute Gasteiger partial charge is 0.316 e. The minimum absolute atomic E-state index is 0.0633. The van der Waals surface area contributed by atoms with Gasteiger partial charge in [-0.3, -0.25) is 19.2 Å². The molecule has 43 heavy (non-hydrogen) atoms. The summed E-state index contributed by atoms with van der Waals surface area (Å²) in [4.78, 5) is 51.0. The van der Waals surface area contributed by atoms with E-state index in [1.807, 2.05) is 31.2 Å². The summed E-state index contributed by atoms with van der Waals surface area (Å²) in [6, 6.07) is 6.41. The highest BCUT2D eigenvalue weighted by molar-refractivity contribution is 8.00. The molecule has 0 radical (unpaired) electrons. The fraction of sp³-hybridized carbons (Fsp3) is 0.636. The lowest BCUT2D eigenvalue weighted by Gasteiger charge is -2.61. The second-order valence-corrected chi connectivity index (χ2v) is 14.5. The lowest BCUT2D eigenvalue weighted by Crippen LogP contribution is -2.63. The molecule has 3 fully saturated rings. The molecule has 0 aromatic heterocycles. The van der Waals surface area contributed by atoms with Crippen LogP contribution in [0.25, 0.3) is 0 Å². The molecule has 1 aromatic carbocycles. The number of nitrogens with two attached hydrogens (primary N) is 2. The molecule has 1 aromatic rings. The first kappa shape index (κ1) is 33.2. The van der Waals surface area contributed by atoms with Crippen molar-refractivity contribution in [1.82, 2.24) is 5.32 Å². The van der Waals surface area contributed by atoms with Crippen LogP contribution >= 0.6 is 11.8 Å². The van der Waals surface area contributed by atoms with Gasteiger partial charge >= 0.3 is 5.97 Å². The van der Waals surface area contributed by atoms with E-state index in [0.29, 0.717) is 12.8 Å². The van der Waals surface area contributed by atoms with Crippen molar-refractivity contribution in [1.29, 1.82) is 0 Å². The summed E-state index contributed by atoms with van der Waals surface area (Å²) >= 11 is 1.33. The number of esters is 1. The molecule has 0 saturated heterocycles. The van der Waals surface area contributed by atoms with Crippen LogP contribution in [0.1, 0.15) is 71.8 Å². The zero-order valence-electron chi connectivity index (χ0n) is 25.8. The second-order valence-electron chi connectivity index (χ2n) is 13.5. The normalized spacial score (nSPS) is 36.0. The van der Waals surface area contributed by atoms with Gasteiger partial charge in [0.2, 0.25) is 11.8 Å². The van der Waals surface area contributed by atoms with Gasteiger partial charge in [0.25, 0.3) is 0 Å². The Labute approximate surface area is 258 Å². The van der Waals surface area contributed by atoms with Gasteiger partial charge in [-0.15, -0.1) is 18.3 Å². The van der Waals surface area contributed by atoms with Crippen molar-refractivity contribution in [2.45, 2.75) is 95.9 Å². The van der Waals surface area contributed by atoms with E-state index in [0.717, 1.165) is 29.7 Å². The minimum atomic E-state index is -1.01. The molecule has 3 unspecified atom stereocenters. The van der Waals surface area contributed by atoms with Crippen molar-refractivity contribution in [3.8, 4) is 0 Å². The summed E-state index contributed by atoms with van der Waals surface area (Å²) in [5, 5.41) is 14.4. The summed E-state index contributed by atoms with van der Waals surface area (Å²) in [5.74, 6) is -1.39. The number of ketones is 1. The van der Waals surface area contributed by atoms with E-state index in [-0.39, 0.29) is 53.6 Å². The molecule has 10 heteroatoms. The summed E-state index contributed by atoms with van der Waals surface area (Å²) in [7, 11) is 0. The zero-order valence-corrected chi connectivity index (χ0v) is 26.6. The number of aliphatic hydroxyl groups is 1. The number of Topliss-reactive ketones (excluding diaryl/α,β-unsaturated/α-hetero) is 1. The Hall–Kier alpha value is -2.69. The van der Waals surface area contributed by atoms with E-state index in [1.165, 1.54) is 11.8 Å². The minimum Gasteiger partial charge on any atom is -0.461 e. The van der Waals surface area contributed by atoms with Crippen molar-refractivity contribution in [3.05, 3.63) is 42.5 Å². The molecule has 9 nitrogen and oxygen atoms in total. The molecule has 0 heterocycles. The predicted octanol–water partition coefficient (Wildman–Crippen LogP) is 3.50. The van der Waals surface area contributed by atoms with Crippen LogP contribution in [0.5, 0.6) is 0 Å². The Morgan fingerprint density at radius 1 is 1.26 bits per heavy atom. The number of carbonyl (C=O) groups is 4. The van der Waals surface area contributed by atoms with Crippen LogP contribution in [0, 0.1) is 34.0 Å². The van der Waals surface area contributed by atoms with Crippen molar-refractivity contribution in [2.75, 3.05) is 5.75 Å². The average molecular weight is 614 g/mol. The summed E-state index contributed by atoms with van der Waals surface area (Å²) < 4.78 is 6.33. The lowest BCUT2D eigenvalue weighted by atomic mass is 9.44. The number of hydrogen-bond donors (Lipinski definition) is 4. The van der Waals surface area contributed by atoms with E-state index >= 15 is 0 Å². The van der Waals surface area contributed by atoms with Crippen LogP contribution in [0.3, 0.4) is 0 Å². The van der Waals surface area contributed by atoms with Crippen LogP contribution in [-0.2, 0) is 30.5 Å². The summed E-state index contributed by atoms with van der Waals surface area (Å²) in [5.41, 5.74) is 10.1. The molecule has 3 aliphatic carbocycles.